The van der Waals surface area contributed by atoms with Crippen LogP contribution < -0.4 is 0 Å². The van der Waals surface area contributed by atoms with E-state index in [0.29, 0.717) is 18.6 Å². The lowest BCUT2D eigenvalue weighted by Crippen LogP contribution is -2.41. The summed E-state index contributed by atoms with van der Waals surface area (Å²) in [5.41, 5.74) is -0.0135. The molecular weight excluding hydrogens is 228 g/mol. The summed E-state index contributed by atoms with van der Waals surface area (Å²) in [6, 6.07) is 0. The van der Waals surface area contributed by atoms with Crippen LogP contribution in [0.4, 0.5) is 0 Å². The van der Waals surface area contributed by atoms with Gasteiger partial charge in [0.15, 0.2) is 6.29 Å². The molecule has 0 aromatic heterocycles. The highest BCUT2D eigenvalue weighted by Crippen LogP contribution is 2.27. The Labute approximate surface area is 111 Å². The molecule has 0 saturated carbocycles. The molecule has 0 atom stereocenters. The van der Waals surface area contributed by atoms with Gasteiger partial charge in [-0.15, -0.1) is 0 Å². The van der Waals surface area contributed by atoms with Crippen LogP contribution in [0.15, 0.2) is 0 Å². The van der Waals surface area contributed by atoms with Crippen LogP contribution in [0, 0.1) is 16.7 Å². The summed E-state index contributed by atoms with van der Waals surface area (Å²) in [6.07, 6.45) is 1.84. The maximum Gasteiger partial charge on any atom is 0.157 e. The molecule has 3 heteroatoms. The first-order valence-electron chi connectivity index (χ1n) is 6.87. The number of rotatable bonds is 3. The van der Waals surface area contributed by atoms with Crippen molar-refractivity contribution in [3.05, 3.63) is 0 Å². The predicted molar refractivity (Wildman–Crippen MR) is 72.3 cm³/mol. The van der Waals surface area contributed by atoms with E-state index in [1.54, 1.807) is 0 Å². The third kappa shape index (κ3) is 5.07. The van der Waals surface area contributed by atoms with Gasteiger partial charge in [0, 0.05) is 5.41 Å². The minimum atomic E-state index is -0.310. The predicted octanol–water partition coefficient (Wildman–Crippen LogP) is 3.42. The van der Waals surface area contributed by atoms with E-state index in [-0.39, 0.29) is 23.4 Å². The largest absolute Gasteiger partial charge is 0.352 e. The topological polar surface area (TPSA) is 35.5 Å². The Hall–Kier alpha value is -0.410. The van der Waals surface area contributed by atoms with Crippen LogP contribution in [-0.2, 0) is 14.3 Å². The summed E-state index contributed by atoms with van der Waals surface area (Å²) >= 11 is 0. The van der Waals surface area contributed by atoms with Crippen LogP contribution in [0.3, 0.4) is 0 Å². The highest BCUT2D eigenvalue weighted by atomic mass is 16.7. The molecule has 1 rings (SSSR count). The fraction of sp³-hybridized carbons (Fsp3) is 0.933. The summed E-state index contributed by atoms with van der Waals surface area (Å²) in [7, 11) is 0. The third-order valence-electron chi connectivity index (χ3n) is 3.21. The van der Waals surface area contributed by atoms with Gasteiger partial charge in [-0.1, -0.05) is 41.5 Å². The molecular formula is C15H28O3. The second-order valence-corrected chi connectivity index (χ2v) is 7.51. The van der Waals surface area contributed by atoms with Crippen molar-refractivity contribution in [1.29, 1.82) is 0 Å². The average molecular weight is 256 g/mol. The van der Waals surface area contributed by atoms with Crippen molar-refractivity contribution >= 4 is 5.78 Å². The zero-order chi connectivity index (χ0) is 14.0. The number of ether oxygens (including phenoxy) is 2. The van der Waals surface area contributed by atoms with Gasteiger partial charge in [0.1, 0.15) is 5.78 Å². The highest BCUT2D eigenvalue weighted by molar-refractivity contribution is 5.86. The van der Waals surface area contributed by atoms with Gasteiger partial charge < -0.3 is 9.47 Å². The summed E-state index contributed by atoms with van der Waals surface area (Å²) in [6.45, 7) is 13.5. The van der Waals surface area contributed by atoms with Crippen molar-refractivity contribution < 1.29 is 14.3 Å². The van der Waals surface area contributed by atoms with Gasteiger partial charge >= 0.3 is 0 Å². The van der Waals surface area contributed by atoms with Crippen molar-refractivity contribution in [1.82, 2.24) is 0 Å². The van der Waals surface area contributed by atoms with Crippen molar-refractivity contribution in [2.45, 2.75) is 60.7 Å². The van der Waals surface area contributed by atoms with E-state index in [9.17, 15) is 4.79 Å². The summed E-state index contributed by atoms with van der Waals surface area (Å²) < 4.78 is 11.3. The molecule has 0 aliphatic carbocycles. The number of hydrogen-bond acceptors (Lipinski definition) is 3. The smallest absolute Gasteiger partial charge is 0.157 e. The fourth-order valence-electron chi connectivity index (χ4n) is 2.02. The zero-order valence-corrected chi connectivity index (χ0v) is 12.7. The number of ketones is 1. The standard InChI is InChI=1S/C15H28O3/c1-14(2,3)8-7-12-17-9-11(10-18-12)13(16)15(4,5)6/h11-12H,7-10H2,1-6H3. The molecule has 0 amide bonds. The summed E-state index contributed by atoms with van der Waals surface area (Å²) in [5, 5.41) is 0. The van der Waals surface area contributed by atoms with Crippen LogP contribution in [0.5, 0.6) is 0 Å². The summed E-state index contributed by atoms with van der Waals surface area (Å²) in [5.74, 6) is 0.132. The molecule has 1 fully saturated rings. The van der Waals surface area contributed by atoms with Gasteiger partial charge in [-0.3, -0.25) is 4.79 Å². The lowest BCUT2D eigenvalue weighted by atomic mass is 9.83. The van der Waals surface area contributed by atoms with E-state index in [0.717, 1.165) is 12.8 Å². The Balaban J connectivity index is 2.35. The molecule has 0 spiro atoms. The van der Waals surface area contributed by atoms with Crippen molar-refractivity contribution in [2.24, 2.45) is 16.7 Å². The van der Waals surface area contributed by atoms with Gasteiger partial charge in [-0.25, -0.2) is 0 Å². The van der Waals surface area contributed by atoms with Gasteiger partial charge in [0.25, 0.3) is 0 Å². The molecule has 1 aliphatic rings. The van der Waals surface area contributed by atoms with E-state index in [4.69, 9.17) is 9.47 Å². The molecule has 0 radical (unpaired) electrons. The Bertz CT molecular complexity index is 275. The van der Waals surface area contributed by atoms with Crippen LogP contribution in [0.1, 0.15) is 54.4 Å². The number of carbonyl (C=O) groups excluding carboxylic acids is 1. The number of Topliss-reactive ketones (excluding diaryl/α,β-unsaturated/α-hetero) is 1. The van der Waals surface area contributed by atoms with Crippen LogP contribution >= 0.6 is 0 Å². The van der Waals surface area contributed by atoms with Crippen LogP contribution in [0.2, 0.25) is 0 Å². The zero-order valence-electron chi connectivity index (χ0n) is 12.7. The van der Waals surface area contributed by atoms with Gasteiger partial charge in [-0.05, 0) is 18.3 Å². The van der Waals surface area contributed by atoms with Crippen molar-refractivity contribution in [2.75, 3.05) is 13.2 Å². The maximum absolute atomic E-state index is 12.1. The lowest BCUT2D eigenvalue weighted by Gasteiger charge is -2.33. The summed E-state index contributed by atoms with van der Waals surface area (Å²) in [4.78, 5) is 12.1. The molecule has 0 bridgehead atoms. The Morgan fingerprint density at radius 3 is 1.94 bits per heavy atom. The van der Waals surface area contributed by atoms with E-state index in [1.165, 1.54) is 0 Å². The first kappa shape index (κ1) is 15.6. The van der Waals surface area contributed by atoms with Gasteiger partial charge in [0.05, 0.1) is 19.1 Å². The monoisotopic (exact) mass is 256 g/mol. The highest BCUT2D eigenvalue weighted by Gasteiger charge is 2.34. The molecule has 1 aliphatic heterocycles. The van der Waals surface area contributed by atoms with Crippen molar-refractivity contribution in [3.8, 4) is 0 Å². The van der Waals surface area contributed by atoms with E-state index < -0.39 is 0 Å². The Morgan fingerprint density at radius 1 is 1.06 bits per heavy atom. The molecule has 0 aromatic rings. The van der Waals surface area contributed by atoms with Crippen LogP contribution in [0.25, 0.3) is 0 Å². The molecule has 0 aromatic carbocycles. The number of carbonyl (C=O) groups is 1. The van der Waals surface area contributed by atoms with Crippen LogP contribution in [-0.4, -0.2) is 25.3 Å². The SMILES string of the molecule is CC(C)(C)CCC1OCC(C(=O)C(C)(C)C)CO1. The minimum absolute atomic E-state index is 0.101. The van der Waals surface area contributed by atoms with E-state index in [1.807, 2.05) is 20.8 Å². The van der Waals surface area contributed by atoms with Gasteiger partial charge in [0.2, 0.25) is 0 Å². The Morgan fingerprint density at radius 2 is 1.56 bits per heavy atom. The molecule has 106 valence electrons. The molecule has 0 unspecified atom stereocenters. The fourth-order valence-corrected chi connectivity index (χ4v) is 2.02. The third-order valence-corrected chi connectivity index (χ3v) is 3.21. The van der Waals surface area contributed by atoms with Crippen molar-refractivity contribution in [3.63, 3.8) is 0 Å². The average Bonchev–Trinajstić information content (AvgIpc) is 2.24. The first-order valence-corrected chi connectivity index (χ1v) is 6.87. The molecule has 3 nitrogen and oxygen atoms in total. The van der Waals surface area contributed by atoms with E-state index in [2.05, 4.69) is 20.8 Å². The maximum atomic E-state index is 12.1. The second kappa shape index (κ2) is 5.70. The molecule has 0 N–H and O–H groups in total. The number of hydrogen-bond donors (Lipinski definition) is 0. The Kier molecular flexibility index (Phi) is 4.96. The lowest BCUT2D eigenvalue weighted by molar-refractivity contribution is -0.207. The normalized spacial score (nSPS) is 26.1. The van der Waals surface area contributed by atoms with E-state index >= 15 is 0 Å². The molecule has 1 saturated heterocycles. The molecule has 18 heavy (non-hydrogen) atoms. The minimum Gasteiger partial charge on any atom is -0.352 e. The quantitative estimate of drug-likeness (QED) is 0.776. The van der Waals surface area contributed by atoms with Gasteiger partial charge in [-0.2, -0.15) is 0 Å². The molecule has 1 heterocycles. The first-order chi connectivity index (χ1) is 8.09. The second-order valence-electron chi connectivity index (χ2n) is 7.51.